The quantitative estimate of drug-likeness (QED) is 0.670. The summed E-state index contributed by atoms with van der Waals surface area (Å²) in [5.41, 5.74) is -1.32. The molecule has 1 amide bonds. The monoisotopic (exact) mass is 423 g/mol. The number of benzene rings is 1. The van der Waals surface area contributed by atoms with E-state index >= 15 is 0 Å². The predicted molar refractivity (Wildman–Crippen MR) is 112 cm³/mol. The number of carboxylic acid groups (broad SMARTS) is 1. The summed E-state index contributed by atoms with van der Waals surface area (Å²) < 4.78 is 17.4. The number of rotatable bonds is 7. The Morgan fingerprint density at radius 1 is 1.21 bits per heavy atom. The van der Waals surface area contributed by atoms with E-state index in [4.69, 9.17) is 13.9 Å². The second-order valence-corrected chi connectivity index (χ2v) is 13.9. The fourth-order valence-corrected chi connectivity index (χ4v) is 4.55. The predicted octanol–water partition coefficient (Wildman–Crippen LogP) is 3.89. The van der Waals surface area contributed by atoms with Crippen LogP contribution in [0.5, 0.6) is 0 Å². The number of carbonyl (C=O) groups excluding carboxylic acids is 1. The molecule has 29 heavy (non-hydrogen) atoms. The molecule has 1 N–H and O–H groups in total. The van der Waals surface area contributed by atoms with E-state index in [1.165, 1.54) is 4.90 Å². The molecule has 1 aromatic rings. The summed E-state index contributed by atoms with van der Waals surface area (Å²) in [6.07, 6.45) is -0.865. The van der Waals surface area contributed by atoms with Crippen molar-refractivity contribution in [1.82, 2.24) is 4.90 Å². The van der Waals surface area contributed by atoms with Gasteiger partial charge in [0.2, 0.25) is 0 Å². The van der Waals surface area contributed by atoms with Gasteiger partial charge in [-0.1, -0.05) is 30.3 Å². The van der Waals surface area contributed by atoms with E-state index in [1.807, 2.05) is 50.0 Å². The van der Waals surface area contributed by atoms with Crippen LogP contribution in [0.4, 0.5) is 4.79 Å². The van der Waals surface area contributed by atoms with Gasteiger partial charge in [0.1, 0.15) is 5.60 Å². The molecule has 2 rings (SSSR count). The second-order valence-electron chi connectivity index (χ2n) is 9.46. The molecule has 1 heterocycles. The van der Waals surface area contributed by atoms with Gasteiger partial charge in [-0.15, -0.1) is 0 Å². The van der Waals surface area contributed by atoms with Crippen molar-refractivity contribution in [3.8, 4) is 0 Å². The number of nitrogens with zero attached hydrogens (tertiary/aromatic N) is 1. The van der Waals surface area contributed by atoms with E-state index < -0.39 is 31.5 Å². The van der Waals surface area contributed by atoms with Gasteiger partial charge in [-0.2, -0.15) is 0 Å². The summed E-state index contributed by atoms with van der Waals surface area (Å²) in [7, 11) is -1.93. The van der Waals surface area contributed by atoms with Crippen LogP contribution in [0.1, 0.15) is 32.8 Å². The number of amides is 1. The summed E-state index contributed by atoms with van der Waals surface area (Å²) in [6, 6.07) is 9.51. The van der Waals surface area contributed by atoms with Gasteiger partial charge in [0, 0.05) is 6.42 Å². The minimum absolute atomic E-state index is 0.137. The Morgan fingerprint density at radius 2 is 1.83 bits per heavy atom. The van der Waals surface area contributed by atoms with Crippen molar-refractivity contribution in [3.05, 3.63) is 35.9 Å². The van der Waals surface area contributed by atoms with Crippen LogP contribution in [0.2, 0.25) is 19.6 Å². The Kier molecular flexibility index (Phi) is 7.13. The molecular weight excluding hydrogens is 390 g/mol. The summed E-state index contributed by atoms with van der Waals surface area (Å²) in [6.45, 7) is 11.7. The first kappa shape index (κ1) is 23.4. The fraction of sp³-hybridized carbons (Fsp3) is 0.619. The zero-order valence-corrected chi connectivity index (χ0v) is 19.2. The summed E-state index contributed by atoms with van der Waals surface area (Å²) in [5, 5.41) is 10.1. The molecule has 7 nitrogen and oxygen atoms in total. The maximum Gasteiger partial charge on any atom is 0.411 e. The number of likely N-dealkylation sites (tertiary alicyclic amines) is 1. The minimum Gasteiger partial charge on any atom is -0.479 e. The highest BCUT2D eigenvalue weighted by Crippen LogP contribution is 2.35. The van der Waals surface area contributed by atoms with Gasteiger partial charge >= 0.3 is 12.1 Å². The van der Waals surface area contributed by atoms with Crippen molar-refractivity contribution in [2.24, 2.45) is 0 Å². The van der Waals surface area contributed by atoms with Crippen molar-refractivity contribution in [2.45, 2.75) is 70.7 Å². The highest BCUT2D eigenvalue weighted by atomic mass is 28.4. The molecule has 2 atom stereocenters. The number of carboxylic acids is 1. The van der Waals surface area contributed by atoms with Crippen LogP contribution in [0.15, 0.2) is 30.3 Å². The van der Waals surface area contributed by atoms with Crippen LogP contribution >= 0.6 is 0 Å². The van der Waals surface area contributed by atoms with Crippen molar-refractivity contribution in [1.29, 1.82) is 0 Å². The van der Waals surface area contributed by atoms with E-state index in [0.717, 1.165) is 5.56 Å². The van der Waals surface area contributed by atoms with Gasteiger partial charge in [-0.05, 0) is 46.0 Å². The molecule has 0 bridgehead atoms. The Bertz CT molecular complexity index is 712. The molecule has 1 aliphatic rings. The average Bonchev–Trinajstić information content (AvgIpc) is 2.92. The first-order chi connectivity index (χ1) is 13.3. The number of aliphatic carboxylic acids is 1. The van der Waals surface area contributed by atoms with Crippen LogP contribution in [0, 0.1) is 0 Å². The van der Waals surface area contributed by atoms with Crippen molar-refractivity contribution < 1.29 is 28.6 Å². The lowest BCUT2D eigenvalue weighted by Gasteiger charge is -2.35. The lowest BCUT2D eigenvalue weighted by atomic mass is 9.97. The molecule has 0 radical (unpaired) electrons. The van der Waals surface area contributed by atoms with Gasteiger partial charge < -0.3 is 19.0 Å². The molecule has 1 fully saturated rings. The first-order valence-corrected chi connectivity index (χ1v) is 13.3. The van der Waals surface area contributed by atoms with E-state index in [2.05, 4.69) is 0 Å². The summed E-state index contributed by atoms with van der Waals surface area (Å²) >= 11 is 0. The zero-order valence-electron chi connectivity index (χ0n) is 18.2. The summed E-state index contributed by atoms with van der Waals surface area (Å²) in [5.74, 6) is -1.11. The fourth-order valence-electron chi connectivity index (χ4n) is 3.39. The molecule has 0 aliphatic carbocycles. The molecule has 0 saturated carbocycles. The lowest BCUT2D eigenvalue weighted by Crippen LogP contribution is -2.57. The Hall–Kier alpha value is -1.90. The molecule has 162 valence electrons. The number of carbonyl (C=O) groups is 2. The van der Waals surface area contributed by atoms with E-state index in [0.29, 0.717) is 0 Å². The van der Waals surface area contributed by atoms with Crippen molar-refractivity contribution in [2.75, 3.05) is 13.2 Å². The maximum atomic E-state index is 12.9. The highest BCUT2D eigenvalue weighted by molar-refractivity contribution is 6.69. The number of hydrogen-bond acceptors (Lipinski definition) is 5. The van der Waals surface area contributed by atoms with Crippen molar-refractivity contribution >= 4 is 20.4 Å². The lowest BCUT2D eigenvalue weighted by molar-refractivity contribution is -0.154. The molecule has 0 aromatic heterocycles. The smallest absolute Gasteiger partial charge is 0.411 e. The first-order valence-electron chi connectivity index (χ1n) is 9.86. The van der Waals surface area contributed by atoms with Crippen LogP contribution in [0.25, 0.3) is 0 Å². The van der Waals surface area contributed by atoms with Gasteiger partial charge in [0.15, 0.2) is 13.9 Å². The number of hydrogen-bond donors (Lipinski definition) is 1. The van der Waals surface area contributed by atoms with Crippen LogP contribution in [-0.4, -0.2) is 60.8 Å². The Morgan fingerprint density at radius 3 is 2.34 bits per heavy atom. The van der Waals surface area contributed by atoms with Gasteiger partial charge in [0.05, 0.1) is 25.9 Å². The molecule has 1 aromatic carbocycles. The van der Waals surface area contributed by atoms with Crippen LogP contribution in [-0.2, 0) is 25.3 Å². The van der Waals surface area contributed by atoms with Gasteiger partial charge in [0.25, 0.3) is 0 Å². The summed E-state index contributed by atoms with van der Waals surface area (Å²) in [4.78, 5) is 26.5. The molecule has 1 aliphatic heterocycles. The third-order valence-corrected chi connectivity index (χ3v) is 5.49. The molecule has 8 heteroatoms. The maximum absolute atomic E-state index is 12.9. The molecule has 1 saturated heterocycles. The van der Waals surface area contributed by atoms with Gasteiger partial charge in [-0.3, -0.25) is 4.90 Å². The molecular formula is C21H33NO6Si. The normalized spacial score (nSPS) is 22.6. The average molecular weight is 424 g/mol. The van der Waals surface area contributed by atoms with Gasteiger partial charge in [-0.25, -0.2) is 9.59 Å². The standard InChI is InChI=1S/C21H33NO6Si/c1-20(2,3)27-19(25)22-13-17(28-29(4,5)6)12-21(22,18(23)24)15-26-14-16-10-8-7-9-11-16/h7-11,17H,12-15H2,1-6H3,(H,23,24)/t17-,21?/m1/s1. The molecule has 1 unspecified atom stereocenters. The molecule has 0 spiro atoms. The number of ether oxygens (including phenoxy) is 2. The van der Waals surface area contributed by atoms with Crippen molar-refractivity contribution in [3.63, 3.8) is 0 Å². The minimum atomic E-state index is -1.93. The zero-order chi connectivity index (χ0) is 21.9. The van der Waals surface area contributed by atoms with E-state index in [1.54, 1.807) is 20.8 Å². The van der Waals surface area contributed by atoms with E-state index in [-0.39, 0.29) is 32.3 Å². The topological polar surface area (TPSA) is 85.3 Å². The van der Waals surface area contributed by atoms with E-state index in [9.17, 15) is 14.7 Å². The Labute approximate surface area is 174 Å². The van der Waals surface area contributed by atoms with Crippen LogP contribution < -0.4 is 0 Å². The Balaban J connectivity index is 2.24. The second kappa shape index (κ2) is 8.85. The third-order valence-electron chi connectivity index (χ3n) is 4.45. The van der Waals surface area contributed by atoms with Crippen LogP contribution in [0.3, 0.4) is 0 Å². The highest BCUT2D eigenvalue weighted by Gasteiger charge is 2.56. The largest absolute Gasteiger partial charge is 0.479 e. The third kappa shape index (κ3) is 6.55. The SMILES string of the molecule is CC(C)(C)OC(=O)N1C[C@H](O[Si](C)(C)C)CC1(COCc1ccccc1)C(=O)O.